The molecule has 0 saturated heterocycles. The van der Waals surface area contributed by atoms with Crippen LogP contribution in [-0.4, -0.2) is 11.6 Å². The molecule has 1 aliphatic rings. The first kappa shape index (κ1) is 14.0. The lowest BCUT2D eigenvalue weighted by Gasteiger charge is -2.34. The van der Waals surface area contributed by atoms with E-state index in [-0.39, 0.29) is 15.6 Å². The molecule has 0 bridgehead atoms. The fourth-order valence-electron chi connectivity index (χ4n) is 2.01. The summed E-state index contributed by atoms with van der Waals surface area (Å²) in [6, 6.07) is 3.85. The van der Waals surface area contributed by atoms with Crippen molar-refractivity contribution in [2.24, 2.45) is 0 Å². The van der Waals surface area contributed by atoms with Crippen molar-refractivity contribution in [1.82, 2.24) is 0 Å². The van der Waals surface area contributed by atoms with Gasteiger partial charge in [-0.2, -0.15) is 13.2 Å². The van der Waals surface area contributed by atoms with E-state index < -0.39 is 17.0 Å². The Labute approximate surface area is 117 Å². The van der Waals surface area contributed by atoms with E-state index >= 15 is 0 Å². The standard InChI is InChI=1S/C12H7Cl3F3/c13-8-4-7(5-9(14)6-8)11(12(16,17)18)3-1-2-10(11)15/h1-6,10H. The molecule has 0 amide bonds. The molecular weight excluding hydrogens is 307 g/mol. The van der Waals surface area contributed by atoms with E-state index in [1.807, 2.05) is 0 Å². The highest BCUT2D eigenvalue weighted by Crippen LogP contribution is 2.51. The highest BCUT2D eigenvalue weighted by atomic mass is 35.5. The Balaban J connectivity index is 2.65. The average Bonchev–Trinajstić information content (AvgIpc) is 2.58. The SMILES string of the molecule is FC(F)(F)C1(c2cc(Cl)cc(Cl)c2)C=C[CH]C1Cl. The molecule has 18 heavy (non-hydrogen) atoms. The molecule has 0 nitrogen and oxygen atoms in total. The monoisotopic (exact) mass is 313 g/mol. The summed E-state index contributed by atoms with van der Waals surface area (Å²) in [4.78, 5) is 0. The van der Waals surface area contributed by atoms with Crippen LogP contribution in [0.1, 0.15) is 5.56 Å². The molecule has 6 heteroatoms. The van der Waals surface area contributed by atoms with Crippen molar-refractivity contribution in [3.05, 3.63) is 52.4 Å². The van der Waals surface area contributed by atoms with E-state index in [0.29, 0.717) is 0 Å². The van der Waals surface area contributed by atoms with Gasteiger partial charge in [0.05, 0.1) is 5.38 Å². The summed E-state index contributed by atoms with van der Waals surface area (Å²) < 4.78 is 40.1. The molecule has 0 spiro atoms. The molecule has 2 unspecified atom stereocenters. The van der Waals surface area contributed by atoms with Crippen LogP contribution in [0.3, 0.4) is 0 Å². The molecule has 1 aromatic rings. The van der Waals surface area contributed by atoms with Crippen molar-refractivity contribution in [2.75, 3.05) is 0 Å². The molecule has 0 aromatic heterocycles. The first-order valence-electron chi connectivity index (χ1n) is 4.97. The van der Waals surface area contributed by atoms with Crippen LogP contribution in [0.5, 0.6) is 0 Å². The van der Waals surface area contributed by atoms with Crippen LogP contribution in [-0.2, 0) is 5.41 Å². The number of allylic oxidation sites excluding steroid dienone is 2. The Bertz CT molecular complexity index is 476. The van der Waals surface area contributed by atoms with Crippen molar-refractivity contribution in [3.63, 3.8) is 0 Å². The number of benzene rings is 1. The topological polar surface area (TPSA) is 0 Å². The molecule has 0 saturated carbocycles. The third-order valence-corrected chi connectivity index (χ3v) is 3.81. The van der Waals surface area contributed by atoms with Crippen LogP contribution < -0.4 is 0 Å². The molecule has 2 atom stereocenters. The van der Waals surface area contributed by atoms with Gasteiger partial charge < -0.3 is 0 Å². The van der Waals surface area contributed by atoms with E-state index in [1.165, 1.54) is 30.7 Å². The molecule has 0 N–H and O–H groups in total. The van der Waals surface area contributed by atoms with Gasteiger partial charge in [0.1, 0.15) is 5.41 Å². The van der Waals surface area contributed by atoms with Crippen LogP contribution in [0, 0.1) is 6.42 Å². The number of alkyl halides is 4. The van der Waals surface area contributed by atoms with E-state index in [4.69, 9.17) is 34.8 Å². The maximum atomic E-state index is 13.4. The van der Waals surface area contributed by atoms with Crippen molar-refractivity contribution < 1.29 is 13.2 Å². The largest absolute Gasteiger partial charge is 0.403 e. The minimum atomic E-state index is -4.53. The predicted molar refractivity (Wildman–Crippen MR) is 67.3 cm³/mol. The summed E-state index contributed by atoms with van der Waals surface area (Å²) in [5, 5.41) is -0.928. The summed E-state index contributed by atoms with van der Waals surface area (Å²) in [6.45, 7) is 0. The first-order chi connectivity index (χ1) is 8.27. The van der Waals surface area contributed by atoms with Gasteiger partial charge in [0.2, 0.25) is 0 Å². The molecule has 0 aliphatic heterocycles. The lowest BCUT2D eigenvalue weighted by molar-refractivity contribution is -0.173. The van der Waals surface area contributed by atoms with E-state index in [2.05, 4.69) is 0 Å². The second-order valence-electron chi connectivity index (χ2n) is 3.98. The predicted octanol–water partition coefficient (Wildman–Crippen LogP) is 5.17. The third-order valence-electron chi connectivity index (χ3n) is 2.88. The summed E-state index contributed by atoms with van der Waals surface area (Å²) >= 11 is 17.4. The smallest absolute Gasteiger partial charge is 0.170 e. The summed E-state index contributed by atoms with van der Waals surface area (Å²) in [6.07, 6.45) is -0.895. The zero-order valence-electron chi connectivity index (χ0n) is 8.81. The maximum Gasteiger partial charge on any atom is 0.403 e. The van der Waals surface area contributed by atoms with Gasteiger partial charge in [0, 0.05) is 16.5 Å². The lowest BCUT2D eigenvalue weighted by atomic mass is 9.79. The van der Waals surface area contributed by atoms with Crippen molar-refractivity contribution in [3.8, 4) is 0 Å². The van der Waals surface area contributed by atoms with Gasteiger partial charge in [-0.25, -0.2) is 0 Å². The third kappa shape index (κ3) is 2.13. The van der Waals surface area contributed by atoms with Crippen molar-refractivity contribution >= 4 is 34.8 Å². The van der Waals surface area contributed by atoms with Gasteiger partial charge >= 0.3 is 6.18 Å². The maximum absolute atomic E-state index is 13.4. The fourth-order valence-corrected chi connectivity index (χ4v) is 2.94. The van der Waals surface area contributed by atoms with Crippen LogP contribution >= 0.6 is 34.8 Å². The minimum Gasteiger partial charge on any atom is -0.170 e. The number of halogens is 6. The van der Waals surface area contributed by atoms with Gasteiger partial charge in [-0.05, 0) is 23.8 Å². The van der Waals surface area contributed by atoms with Crippen LogP contribution in [0.4, 0.5) is 13.2 Å². The number of rotatable bonds is 1. The quantitative estimate of drug-likeness (QED) is 0.627. The zero-order chi connectivity index (χ0) is 13.6. The summed E-state index contributed by atoms with van der Waals surface area (Å²) in [7, 11) is 0. The molecule has 1 radical (unpaired) electrons. The Kier molecular flexibility index (Phi) is 3.60. The van der Waals surface area contributed by atoms with Gasteiger partial charge in [-0.1, -0.05) is 35.4 Å². The van der Waals surface area contributed by atoms with Crippen LogP contribution in [0.25, 0.3) is 0 Å². The first-order valence-corrected chi connectivity index (χ1v) is 6.16. The molecular formula is C12H7Cl3F3. The van der Waals surface area contributed by atoms with E-state index in [1.54, 1.807) is 0 Å². The second-order valence-corrected chi connectivity index (χ2v) is 5.32. The highest BCUT2D eigenvalue weighted by molar-refractivity contribution is 6.34. The minimum absolute atomic E-state index is 0.0579. The molecule has 1 aromatic carbocycles. The van der Waals surface area contributed by atoms with Gasteiger partial charge in [-0.15, -0.1) is 11.6 Å². The Morgan fingerprint density at radius 2 is 1.61 bits per heavy atom. The zero-order valence-corrected chi connectivity index (χ0v) is 11.1. The molecule has 97 valence electrons. The summed E-state index contributed by atoms with van der Waals surface area (Å²) in [5.41, 5.74) is -2.33. The van der Waals surface area contributed by atoms with Gasteiger partial charge in [0.15, 0.2) is 0 Å². The van der Waals surface area contributed by atoms with Crippen molar-refractivity contribution in [1.29, 1.82) is 0 Å². The molecule has 1 aliphatic carbocycles. The summed E-state index contributed by atoms with van der Waals surface area (Å²) in [5.74, 6) is 0. The number of hydrogen-bond donors (Lipinski definition) is 0. The highest BCUT2D eigenvalue weighted by Gasteiger charge is 2.60. The normalized spacial score (nSPS) is 27.8. The van der Waals surface area contributed by atoms with Crippen LogP contribution in [0.15, 0.2) is 30.4 Å². The Morgan fingerprint density at radius 1 is 1.06 bits per heavy atom. The second kappa shape index (κ2) is 4.62. The van der Waals surface area contributed by atoms with E-state index in [9.17, 15) is 13.2 Å². The van der Waals surface area contributed by atoms with E-state index in [0.717, 1.165) is 6.08 Å². The van der Waals surface area contributed by atoms with Gasteiger partial charge in [0.25, 0.3) is 0 Å². The molecule has 0 heterocycles. The number of hydrogen-bond acceptors (Lipinski definition) is 0. The van der Waals surface area contributed by atoms with Crippen LogP contribution in [0.2, 0.25) is 10.0 Å². The van der Waals surface area contributed by atoms with Crippen molar-refractivity contribution in [2.45, 2.75) is 17.0 Å². The van der Waals surface area contributed by atoms with Gasteiger partial charge in [-0.3, -0.25) is 0 Å². The lowest BCUT2D eigenvalue weighted by Crippen LogP contribution is -2.45. The average molecular weight is 315 g/mol. The Morgan fingerprint density at radius 3 is 2.00 bits per heavy atom. The fraction of sp³-hybridized carbons (Fsp3) is 0.250. The molecule has 0 fully saturated rings. The Hall–Kier alpha value is -0.380. The molecule has 2 rings (SSSR count).